The fourth-order valence-corrected chi connectivity index (χ4v) is 2.17. The Kier molecular flexibility index (Phi) is 4.82. The van der Waals surface area contributed by atoms with E-state index in [1.807, 2.05) is 0 Å². The van der Waals surface area contributed by atoms with Gasteiger partial charge >= 0.3 is 5.97 Å². The molecule has 1 N–H and O–H groups in total. The van der Waals surface area contributed by atoms with Gasteiger partial charge in [0.1, 0.15) is 0 Å². The third kappa shape index (κ3) is 3.86. The Labute approximate surface area is 97.8 Å². The Hall–Kier alpha value is -1.01. The summed E-state index contributed by atoms with van der Waals surface area (Å²) in [5.41, 5.74) is 0. The SMILES string of the molecule is CCN(CC(C)C)C1CC(C#CC(=O)O)C1. The minimum absolute atomic E-state index is 0.294. The molecule has 3 heteroatoms. The van der Waals surface area contributed by atoms with Crippen molar-refractivity contribution in [1.29, 1.82) is 0 Å². The zero-order chi connectivity index (χ0) is 12.1. The standard InChI is InChI=1S/C13H21NO2/c1-4-14(9-10(2)3)12-7-11(8-12)5-6-13(15)16/h10-12H,4,7-9H2,1-3H3,(H,15,16). The van der Waals surface area contributed by atoms with Crippen LogP contribution in [0, 0.1) is 23.7 Å². The molecule has 0 amide bonds. The number of hydrogen-bond donors (Lipinski definition) is 1. The van der Waals surface area contributed by atoms with Gasteiger partial charge in [-0.3, -0.25) is 0 Å². The van der Waals surface area contributed by atoms with Gasteiger partial charge in [-0.2, -0.15) is 0 Å². The fraction of sp³-hybridized carbons (Fsp3) is 0.769. The van der Waals surface area contributed by atoms with E-state index in [0.717, 1.165) is 25.9 Å². The van der Waals surface area contributed by atoms with E-state index in [-0.39, 0.29) is 0 Å². The van der Waals surface area contributed by atoms with Crippen molar-refractivity contribution in [2.75, 3.05) is 13.1 Å². The third-order valence-electron chi connectivity index (χ3n) is 3.02. The van der Waals surface area contributed by atoms with Gasteiger partial charge in [0, 0.05) is 24.4 Å². The number of rotatable bonds is 4. The van der Waals surface area contributed by atoms with Crippen LogP contribution in [0.5, 0.6) is 0 Å². The molecule has 1 fully saturated rings. The van der Waals surface area contributed by atoms with E-state index >= 15 is 0 Å². The summed E-state index contributed by atoms with van der Waals surface area (Å²) in [6.45, 7) is 8.83. The van der Waals surface area contributed by atoms with Crippen LogP contribution in [0.3, 0.4) is 0 Å². The lowest BCUT2D eigenvalue weighted by Crippen LogP contribution is -2.45. The van der Waals surface area contributed by atoms with Gasteiger partial charge in [0.05, 0.1) is 0 Å². The number of carboxylic acids is 1. The van der Waals surface area contributed by atoms with Crippen LogP contribution in [0.1, 0.15) is 33.6 Å². The number of hydrogen-bond acceptors (Lipinski definition) is 2. The molecule has 0 atom stereocenters. The molecule has 0 aliphatic heterocycles. The maximum absolute atomic E-state index is 10.3. The van der Waals surface area contributed by atoms with Crippen LogP contribution in [-0.4, -0.2) is 35.1 Å². The third-order valence-corrected chi connectivity index (χ3v) is 3.02. The monoisotopic (exact) mass is 223 g/mol. The molecule has 0 heterocycles. The Bertz CT molecular complexity index is 295. The van der Waals surface area contributed by atoms with E-state index in [0.29, 0.717) is 17.9 Å². The van der Waals surface area contributed by atoms with E-state index in [9.17, 15) is 4.79 Å². The highest BCUT2D eigenvalue weighted by Crippen LogP contribution is 2.31. The van der Waals surface area contributed by atoms with Gasteiger partial charge in [0.2, 0.25) is 0 Å². The van der Waals surface area contributed by atoms with Gasteiger partial charge in [-0.25, -0.2) is 4.79 Å². The zero-order valence-electron chi connectivity index (χ0n) is 10.4. The highest BCUT2D eigenvalue weighted by Gasteiger charge is 2.31. The quantitative estimate of drug-likeness (QED) is 0.739. The van der Waals surface area contributed by atoms with E-state index in [1.54, 1.807) is 0 Å². The second-order valence-electron chi connectivity index (χ2n) is 4.88. The normalized spacial score (nSPS) is 23.8. The summed E-state index contributed by atoms with van der Waals surface area (Å²) >= 11 is 0. The molecular formula is C13H21NO2. The van der Waals surface area contributed by atoms with Crippen LogP contribution < -0.4 is 0 Å². The predicted octanol–water partition coefficient (Wildman–Crippen LogP) is 1.83. The van der Waals surface area contributed by atoms with Crippen LogP contribution in [-0.2, 0) is 4.79 Å². The van der Waals surface area contributed by atoms with Crippen molar-refractivity contribution in [3.63, 3.8) is 0 Å². The zero-order valence-corrected chi connectivity index (χ0v) is 10.4. The van der Waals surface area contributed by atoms with Gasteiger partial charge < -0.3 is 10.0 Å². The maximum Gasteiger partial charge on any atom is 0.381 e. The molecule has 0 unspecified atom stereocenters. The van der Waals surface area contributed by atoms with E-state index in [2.05, 4.69) is 37.5 Å². The first-order valence-electron chi connectivity index (χ1n) is 6.01. The molecule has 3 nitrogen and oxygen atoms in total. The minimum Gasteiger partial charge on any atom is -0.472 e. The lowest BCUT2D eigenvalue weighted by molar-refractivity contribution is -0.130. The maximum atomic E-state index is 10.3. The number of carboxylic acid groups (broad SMARTS) is 1. The fourth-order valence-electron chi connectivity index (χ4n) is 2.17. The summed E-state index contributed by atoms with van der Waals surface area (Å²) in [5.74, 6) is 4.98. The summed E-state index contributed by atoms with van der Waals surface area (Å²) in [4.78, 5) is 12.8. The van der Waals surface area contributed by atoms with Crippen LogP contribution >= 0.6 is 0 Å². The summed E-state index contributed by atoms with van der Waals surface area (Å²) in [6, 6.07) is 0.612. The second-order valence-corrected chi connectivity index (χ2v) is 4.88. The van der Waals surface area contributed by atoms with Crippen molar-refractivity contribution < 1.29 is 9.90 Å². The van der Waals surface area contributed by atoms with Gasteiger partial charge in [0.15, 0.2) is 0 Å². The molecule has 16 heavy (non-hydrogen) atoms. The average Bonchev–Trinajstić information content (AvgIpc) is 2.12. The lowest BCUT2D eigenvalue weighted by Gasteiger charge is -2.41. The minimum atomic E-state index is -1.02. The molecule has 90 valence electrons. The van der Waals surface area contributed by atoms with E-state index < -0.39 is 5.97 Å². The first-order valence-corrected chi connectivity index (χ1v) is 6.01. The molecule has 0 spiro atoms. The van der Waals surface area contributed by atoms with Crippen molar-refractivity contribution >= 4 is 5.97 Å². The van der Waals surface area contributed by atoms with Crippen LogP contribution in [0.2, 0.25) is 0 Å². The largest absolute Gasteiger partial charge is 0.472 e. The van der Waals surface area contributed by atoms with Crippen molar-refractivity contribution in [1.82, 2.24) is 4.90 Å². The highest BCUT2D eigenvalue weighted by atomic mass is 16.4. The van der Waals surface area contributed by atoms with Gasteiger partial charge in [-0.05, 0) is 25.3 Å². The molecule has 1 saturated carbocycles. The predicted molar refractivity (Wildman–Crippen MR) is 64.0 cm³/mol. The Morgan fingerprint density at radius 1 is 1.50 bits per heavy atom. The average molecular weight is 223 g/mol. The molecule has 1 aliphatic carbocycles. The molecule has 1 rings (SSSR count). The van der Waals surface area contributed by atoms with Crippen molar-refractivity contribution in [3.8, 4) is 11.8 Å². The molecule has 0 aromatic rings. The smallest absolute Gasteiger partial charge is 0.381 e. The summed E-state index contributed by atoms with van der Waals surface area (Å²) in [5, 5.41) is 8.44. The van der Waals surface area contributed by atoms with Crippen LogP contribution in [0.15, 0.2) is 0 Å². The Balaban J connectivity index is 2.34. The Morgan fingerprint density at radius 3 is 2.56 bits per heavy atom. The molecule has 0 radical (unpaired) electrons. The van der Waals surface area contributed by atoms with Gasteiger partial charge in [-0.15, -0.1) is 0 Å². The second kappa shape index (κ2) is 5.91. The molecule has 1 aliphatic rings. The number of carbonyl (C=O) groups is 1. The van der Waals surface area contributed by atoms with Crippen molar-refractivity contribution in [2.24, 2.45) is 11.8 Å². The lowest BCUT2D eigenvalue weighted by atomic mass is 9.79. The molecular weight excluding hydrogens is 202 g/mol. The van der Waals surface area contributed by atoms with E-state index in [1.165, 1.54) is 0 Å². The first kappa shape index (κ1) is 13.1. The number of nitrogens with zero attached hydrogens (tertiary/aromatic N) is 1. The van der Waals surface area contributed by atoms with Crippen LogP contribution in [0.4, 0.5) is 0 Å². The van der Waals surface area contributed by atoms with Gasteiger partial charge in [-0.1, -0.05) is 26.7 Å². The summed E-state index contributed by atoms with van der Waals surface area (Å²) in [6.07, 6.45) is 2.06. The van der Waals surface area contributed by atoms with Crippen molar-refractivity contribution in [2.45, 2.75) is 39.7 Å². The van der Waals surface area contributed by atoms with Gasteiger partial charge in [0.25, 0.3) is 0 Å². The Morgan fingerprint density at radius 2 is 2.12 bits per heavy atom. The molecule has 0 aromatic heterocycles. The van der Waals surface area contributed by atoms with E-state index in [4.69, 9.17) is 5.11 Å². The summed E-state index contributed by atoms with van der Waals surface area (Å²) in [7, 11) is 0. The highest BCUT2D eigenvalue weighted by molar-refractivity contribution is 5.86. The topological polar surface area (TPSA) is 40.5 Å². The molecule has 0 saturated heterocycles. The van der Waals surface area contributed by atoms with Crippen LogP contribution in [0.25, 0.3) is 0 Å². The molecule has 0 aromatic carbocycles. The summed E-state index contributed by atoms with van der Waals surface area (Å²) < 4.78 is 0. The number of aliphatic carboxylic acids is 1. The van der Waals surface area contributed by atoms with Crippen molar-refractivity contribution in [3.05, 3.63) is 0 Å². The first-order chi connectivity index (χ1) is 7.52. The molecule has 0 bridgehead atoms.